The van der Waals surface area contributed by atoms with Gasteiger partial charge in [-0.25, -0.2) is 4.79 Å². The van der Waals surface area contributed by atoms with Crippen molar-refractivity contribution >= 4 is 11.8 Å². The predicted molar refractivity (Wildman–Crippen MR) is 91.6 cm³/mol. The number of likely N-dealkylation sites (tertiary alicyclic amines) is 1. The largest absolute Gasteiger partial charge is 0.465 e. The van der Waals surface area contributed by atoms with Gasteiger partial charge in [0, 0.05) is 11.6 Å². The number of ether oxygens (including phenoxy) is 1. The lowest BCUT2D eigenvalue weighted by Crippen LogP contribution is -3.18. The molecule has 2 heterocycles. The standard InChI is InChI=1S/C19H28N2O3/c1-12-17(19(23)24-3)13(2)20-18(12)16(22)11-21-10-6-8-14-7-4-5-9-15(14)21/h14-15,20H,4-11H2,1-3H3/p+1/t14-,15+/m1/s1. The molecule has 3 atom stereocenters. The molecule has 0 radical (unpaired) electrons. The van der Waals surface area contributed by atoms with Crippen molar-refractivity contribution < 1.29 is 19.2 Å². The number of rotatable bonds is 4. The summed E-state index contributed by atoms with van der Waals surface area (Å²) in [6.45, 7) is 5.27. The number of aryl methyl sites for hydroxylation is 1. The number of aromatic amines is 1. The molecular formula is C19H29N2O3+. The third kappa shape index (κ3) is 3.14. The number of carbonyl (C=O) groups is 2. The zero-order chi connectivity index (χ0) is 17.3. The minimum Gasteiger partial charge on any atom is -0.465 e. The fourth-order valence-electron chi connectivity index (χ4n) is 4.82. The number of hydrogen-bond donors (Lipinski definition) is 2. The van der Waals surface area contributed by atoms with Gasteiger partial charge in [-0.2, -0.15) is 0 Å². The van der Waals surface area contributed by atoms with E-state index in [1.165, 1.54) is 50.5 Å². The molecule has 1 saturated carbocycles. The second-order valence-corrected chi connectivity index (χ2v) is 7.42. The number of quaternary nitrogens is 1. The molecule has 1 saturated heterocycles. The highest BCUT2D eigenvalue weighted by Gasteiger charge is 2.38. The quantitative estimate of drug-likeness (QED) is 0.653. The molecule has 0 amide bonds. The number of carbonyl (C=O) groups excluding carboxylic acids is 2. The lowest BCUT2D eigenvalue weighted by atomic mass is 9.78. The summed E-state index contributed by atoms with van der Waals surface area (Å²) in [5, 5.41) is 0. The van der Waals surface area contributed by atoms with Crippen LogP contribution in [0.1, 0.15) is 70.6 Å². The Morgan fingerprint density at radius 1 is 1.17 bits per heavy atom. The molecule has 1 aromatic heterocycles. The van der Waals surface area contributed by atoms with E-state index in [0.29, 0.717) is 29.5 Å². The highest BCUT2D eigenvalue weighted by molar-refractivity contribution is 6.01. The Kier molecular flexibility index (Phi) is 5.09. The van der Waals surface area contributed by atoms with E-state index < -0.39 is 0 Å². The van der Waals surface area contributed by atoms with Crippen LogP contribution in [0.25, 0.3) is 0 Å². The Labute approximate surface area is 143 Å². The van der Waals surface area contributed by atoms with E-state index >= 15 is 0 Å². The summed E-state index contributed by atoms with van der Waals surface area (Å²) in [7, 11) is 1.37. The van der Waals surface area contributed by atoms with Crippen LogP contribution in [0.4, 0.5) is 0 Å². The van der Waals surface area contributed by atoms with E-state index in [4.69, 9.17) is 4.74 Å². The van der Waals surface area contributed by atoms with Gasteiger partial charge in [0.2, 0.25) is 5.78 Å². The SMILES string of the molecule is COC(=O)c1c(C)[nH]c(C(=O)C[NH+]2CCC[C@H]3CCCC[C@@H]32)c1C. The Morgan fingerprint density at radius 3 is 2.62 bits per heavy atom. The van der Waals surface area contributed by atoms with Crippen LogP contribution in [-0.4, -0.2) is 43.0 Å². The molecule has 132 valence electrons. The summed E-state index contributed by atoms with van der Waals surface area (Å²) < 4.78 is 4.84. The molecule has 2 N–H and O–H groups in total. The monoisotopic (exact) mass is 333 g/mol. The average Bonchev–Trinajstić information content (AvgIpc) is 2.89. The molecule has 0 spiro atoms. The van der Waals surface area contributed by atoms with Crippen molar-refractivity contribution in [2.24, 2.45) is 5.92 Å². The maximum atomic E-state index is 12.9. The molecule has 2 aliphatic rings. The van der Waals surface area contributed by atoms with Crippen molar-refractivity contribution in [2.75, 3.05) is 20.2 Å². The van der Waals surface area contributed by atoms with Gasteiger partial charge in [-0.3, -0.25) is 4.79 Å². The number of ketones is 1. The third-order valence-corrected chi connectivity index (χ3v) is 6.00. The van der Waals surface area contributed by atoms with E-state index in [1.54, 1.807) is 0 Å². The van der Waals surface area contributed by atoms with Gasteiger partial charge < -0.3 is 14.6 Å². The van der Waals surface area contributed by atoms with Crippen molar-refractivity contribution in [3.05, 3.63) is 22.5 Å². The second-order valence-electron chi connectivity index (χ2n) is 7.42. The molecule has 3 rings (SSSR count). The Hall–Kier alpha value is -1.62. The van der Waals surface area contributed by atoms with Gasteiger partial charge in [0.05, 0.1) is 31.0 Å². The molecule has 1 aromatic rings. The van der Waals surface area contributed by atoms with Crippen LogP contribution in [0.15, 0.2) is 0 Å². The van der Waals surface area contributed by atoms with Gasteiger partial charge in [-0.05, 0) is 51.5 Å². The maximum Gasteiger partial charge on any atom is 0.339 e. The number of hydrogen-bond acceptors (Lipinski definition) is 3. The van der Waals surface area contributed by atoms with Gasteiger partial charge in [0.1, 0.15) is 6.54 Å². The molecule has 1 unspecified atom stereocenters. The minimum atomic E-state index is -0.377. The lowest BCUT2D eigenvalue weighted by molar-refractivity contribution is -0.928. The van der Waals surface area contributed by atoms with Crippen LogP contribution >= 0.6 is 0 Å². The van der Waals surface area contributed by atoms with Crippen LogP contribution in [0.3, 0.4) is 0 Å². The number of piperidine rings is 1. The van der Waals surface area contributed by atoms with E-state index in [0.717, 1.165) is 18.0 Å². The maximum absolute atomic E-state index is 12.9. The Morgan fingerprint density at radius 2 is 1.88 bits per heavy atom. The van der Waals surface area contributed by atoms with Gasteiger partial charge in [-0.1, -0.05) is 6.42 Å². The molecule has 0 aromatic carbocycles. The minimum absolute atomic E-state index is 0.118. The van der Waals surface area contributed by atoms with Crippen molar-refractivity contribution in [3.63, 3.8) is 0 Å². The van der Waals surface area contributed by atoms with Crippen molar-refractivity contribution in [1.29, 1.82) is 0 Å². The molecule has 24 heavy (non-hydrogen) atoms. The number of methoxy groups -OCH3 is 1. The van der Waals surface area contributed by atoms with E-state index in [1.807, 2.05) is 13.8 Å². The number of esters is 1. The molecule has 2 fully saturated rings. The van der Waals surface area contributed by atoms with Crippen LogP contribution in [0.2, 0.25) is 0 Å². The molecule has 1 aliphatic heterocycles. The van der Waals surface area contributed by atoms with E-state index in [-0.39, 0.29) is 11.8 Å². The smallest absolute Gasteiger partial charge is 0.339 e. The summed E-state index contributed by atoms with van der Waals surface area (Å²) in [4.78, 5) is 29.4. The number of aromatic nitrogens is 1. The Bertz CT molecular complexity index is 633. The number of fused-ring (bicyclic) bond motifs is 1. The Balaban J connectivity index is 1.76. The van der Waals surface area contributed by atoms with Gasteiger partial charge >= 0.3 is 5.97 Å². The normalized spacial score (nSPS) is 26.7. The van der Waals surface area contributed by atoms with Crippen LogP contribution in [0.5, 0.6) is 0 Å². The fourth-order valence-corrected chi connectivity index (χ4v) is 4.82. The zero-order valence-electron chi connectivity index (χ0n) is 15.0. The first-order valence-electron chi connectivity index (χ1n) is 9.18. The molecule has 5 heteroatoms. The average molecular weight is 333 g/mol. The number of nitrogens with one attached hydrogen (secondary N) is 2. The summed E-state index contributed by atoms with van der Waals surface area (Å²) in [6, 6.07) is 0.646. The second kappa shape index (κ2) is 7.09. The summed E-state index contributed by atoms with van der Waals surface area (Å²) in [6.07, 6.45) is 7.78. The molecular weight excluding hydrogens is 304 g/mol. The van der Waals surface area contributed by atoms with Crippen LogP contribution in [-0.2, 0) is 4.74 Å². The third-order valence-electron chi connectivity index (χ3n) is 6.00. The van der Waals surface area contributed by atoms with Crippen molar-refractivity contribution in [3.8, 4) is 0 Å². The first-order valence-corrected chi connectivity index (χ1v) is 9.18. The molecule has 0 bridgehead atoms. The van der Waals surface area contributed by atoms with Crippen molar-refractivity contribution in [2.45, 2.75) is 58.4 Å². The fraction of sp³-hybridized carbons (Fsp3) is 0.684. The van der Waals surface area contributed by atoms with Gasteiger partial charge in [0.15, 0.2) is 0 Å². The zero-order valence-corrected chi connectivity index (χ0v) is 15.0. The summed E-state index contributed by atoms with van der Waals surface area (Å²) in [5.74, 6) is 0.539. The highest BCUT2D eigenvalue weighted by atomic mass is 16.5. The van der Waals surface area contributed by atoms with Gasteiger partial charge in [-0.15, -0.1) is 0 Å². The summed E-state index contributed by atoms with van der Waals surface area (Å²) in [5.41, 5.74) is 2.52. The van der Waals surface area contributed by atoms with Crippen LogP contribution in [0, 0.1) is 19.8 Å². The number of H-pyrrole nitrogens is 1. The van der Waals surface area contributed by atoms with Gasteiger partial charge in [0.25, 0.3) is 0 Å². The topological polar surface area (TPSA) is 63.6 Å². The van der Waals surface area contributed by atoms with Crippen LogP contribution < -0.4 is 4.90 Å². The summed E-state index contributed by atoms with van der Waals surface area (Å²) >= 11 is 0. The first-order chi connectivity index (χ1) is 11.5. The van der Waals surface area contributed by atoms with E-state index in [9.17, 15) is 9.59 Å². The molecule has 1 aliphatic carbocycles. The highest BCUT2D eigenvalue weighted by Crippen LogP contribution is 2.28. The van der Waals surface area contributed by atoms with E-state index in [2.05, 4.69) is 4.98 Å². The number of Topliss-reactive ketones (excluding diaryl/α,β-unsaturated/α-hetero) is 1. The van der Waals surface area contributed by atoms with Crippen molar-refractivity contribution in [1.82, 2.24) is 4.98 Å². The lowest BCUT2D eigenvalue weighted by Gasteiger charge is -2.40. The molecule has 5 nitrogen and oxygen atoms in total. The first kappa shape index (κ1) is 17.2. The predicted octanol–water partition coefficient (Wildman–Crippen LogP) is 1.84.